The molecule has 1 aliphatic rings. The van der Waals surface area contributed by atoms with Crippen LogP contribution in [0.3, 0.4) is 0 Å². The number of thiazole rings is 1. The lowest BCUT2D eigenvalue weighted by Gasteiger charge is -2.38. The summed E-state index contributed by atoms with van der Waals surface area (Å²) < 4.78 is 1.87. The van der Waals surface area contributed by atoms with Crippen LogP contribution in [0.4, 0.5) is 0 Å². The Morgan fingerprint density at radius 3 is 3.00 bits per heavy atom. The van der Waals surface area contributed by atoms with E-state index in [0.29, 0.717) is 19.0 Å². The summed E-state index contributed by atoms with van der Waals surface area (Å²) >= 11 is 1.67. The number of allylic oxidation sites excluding steroid dienone is 7. The van der Waals surface area contributed by atoms with Crippen molar-refractivity contribution in [2.75, 3.05) is 0 Å². The highest BCUT2D eigenvalue weighted by atomic mass is 32.1. The minimum Gasteiger partial charge on any atom is -0.382 e. The number of nitrogens with zero attached hydrogens (tertiary/aromatic N) is 3. The second-order valence-electron chi connectivity index (χ2n) is 8.65. The molecule has 164 valence electrons. The summed E-state index contributed by atoms with van der Waals surface area (Å²) in [7, 11) is 0. The second kappa shape index (κ2) is 10.6. The Labute approximate surface area is 190 Å². The SMILES string of the molecule is C=CCn1cc(-c2csc(CNC(=C)C3(CC(=C)C)CC/C=C\C=C/C(C)C3)n2)cn1. The van der Waals surface area contributed by atoms with Gasteiger partial charge in [-0.25, -0.2) is 4.98 Å². The number of rotatable bonds is 9. The third-order valence-corrected chi connectivity index (χ3v) is 6.57. The molecular weight excluding hydrogens is 400 g/mol. The minimum atomic E-state index is -0.00378. The molecule has 5 heteroatoms. The lowest BCUT2D eigenvalue weighted by Crippen LogP contribution is -2.33. The Hall–Kier alpha value is -2.66. The molecule has 0 bridgehead atoms. The van der Waals surface area contributed by atoms with Crippen molar-refractivity contribution in [3.8, 4) is 11.3 Å². The van der Waals surface area contributed by atoms with Crippen molar-refractivity contribution in [1.82, 2.24) is 20.1 Å². The number of nitrogens with one attached hydrogen (secondary N) is 1. The first kappa shape index (κ1) is 23.0. The Morgan fingerprint density at radius 2 is 2.23 bits per heavy atom. The van der Waals surface area contributed by atoms with E-state index in [4.69, 9.17) is 4.98 Å². The van der Waals surface area contributed by atoms with Gasteiger partial charge in [0.15, 0.2) is 0 Å². The summed E-state index contributed by atoms with van der Waals surface area (Å²) in [6.45, 7) is 18.3. The van der Waals surface area contributed by atoms with E-state index < -0.39 is 0 Å². The Kier molecular flexibility index (Phi) is 7.85. The van der Waals surface area contributed by atoms with Gasteiger partial charge in [0.25, 0.3) is 0 Å². The van der Waals surface area contributed by atoms with Crippen molar-refractivity contribution in [2.45, 2.75) is 52.6 Å². The van der Waals surface area contributed by atoms with Crippen LogP contribution in [0.1, 0.15) is 44.5 Å². The maximum absolute atomic E-state index is 4.81. The molecule has 0 aliphatic heterocycles. The van der Waals surface area contributed by atoms with Crippen molar-refractivity contribution < 1.29 is 0 Å². The Bertz CT molecular complexity index is 977. The second-order valence-corrected chi connectivity index (χ2v) is 9.59. The van der Waals surface area contributed by atoms with E-state index in [2.05, 4.69) is 73.7 Å². The molecule has 2 aromatic rings. The molecule has 3 rings (SSSR count). The first-order chi connectivity index (χ1) is 14.9. The molecule has 2 unspecified atom stereocenters. The van der Waals surface area contributed by atoms with Gasteiger partial charge >= 0.3 is 0 Å². The lowest BCUT2D eigenvalue weighted by molar-refractivity contribution is 0.255. The summed E-state index contributed by atoms with van der Waals surface area (Å²) in [6, 6.07) is 0. The highest BCUT2D eigenvalue weighted by Gasteiger charge is 2.34. The van der Waals surface area contributed by atoms with Crippen LogP contribution in [0, 0.1) is 11.3 Å². The molecule has 0 fully saturated rings. The van der Waals surface area contributed by atoms with Crippen molar-refractivity contribution in [3.05, 3.63) is 84.2 Å². The predicted octanol–water partition coefficient (Wildman–Crippen LogP) is 6.68. The predicted molar refractivity (Wildman–Crippen MR) is 133 cm³/mol. The van der Waals surface area contributed by atoms with Gasteiger partial charge < -0.3 is 5.32 Å². The molecule has 0 saturated carbocycles. The molecule has 1 aliphatic carbocycles. The minimum absolute atomic E-state index is 0.00378. The van der Waals surface area contributed by atoms with Gasteiger partial charge in [0.1, 0.15) is 5.01 Å². The maximum atomic E-state index is 4.81. The Morgan fingerprint density at radius 1 is 1.39 bits per heavy atom. The zero-order valence-corrected chi connectivity index (χ0v) is 19.6. The molecule has 0 amide bonds. The van der Waals surface area contributed by atoms with Gasteiger partial charge in [-0.05, 0) is 38.5 Å². The van der Waals surface area contributed by atoms with E-state index in [1.165, 1.54) is 5.57 Å². The molecule has 31 heavy (non-hydrogen) atoms. The summed E-state index contributed by atoms with van der Waals surface area (Å²) in [4.78, 5) is 4.81. The van der Waals surface area contributed by atoms with E-state index in [9.17, 15) is 0 Å². The molecule has 2 heterocycles. The number of aromatic nitrogens is 3. The first-order valence-corrected chi connectivity index (χ1v) is 11.8. The molecule has 0 aromatic carbocycles. The highest BCUT2D eigenvalue weighted by Crippen LogP contribution is 2.43. The van der Waals surface area contributed by atoms with Gasteiger partial charge in [-0.1, -0.05) is 49.5 Å². The fourth-order valence-corrected chi connectivity index (χ4v) is 5.06. The largest absolute Gasteiger partial charge is 0.382 e. The summed E-state index contributed by atoms with van der Waals surface area (Å²) in [6.07, 6.45) is 18.7. The number of hydrogen-bond donors (Lipinski definition) is 1. The van der Waals surface area contributed by atoms with Crippen LogP contribution < -0.4 is 5.32 Å². The third kappa shape index (κ3) is 6.17. The summed E-state index contributed by atoms with van der Waals surface area (Å²) in [5.74, 6) is 0.485. The van der Waals surface area contributed by atoms with E-state index >= 15 is 0 Å². The van der Waals surface area contributed by atoms with Crippen molar-refractivity contribution in [1.29, 1.82) is 0 Å². The molecule has 4 nitrogen and oxygen atoms in total. The molecule has 0 spiro atoms. The van der Waals surface area contributed by atoms with Crippen LogP contribution in [0.25, 0.3) is 11.3 Å². The van der Waals surface area contributed by atoms with E-state index in [0.717, 1.165) is 47.6 Å². The highest BCUT2D eigenvalue weighted by molar-refractivity contribution is 7.09. The molecular formula is C26H34N4S. The van der Waals surface area contributed by atoms with Crippen molar-refractivity contribution in [2.24, 2.45) is 11.3 Å². The van der Waals surface area contributed by atoms with Gasteiger partial charge in [0.2, 0.25) is 0 Å². The molecule has 0 radical (unpaired) electrons. The molecule has 0 saturated heterocycles. The average molecular weight is 435 g/mol. The molecule has 1 N–H and O–H groups in total. The van der Waals surface area contributed by atoms with E-state index in [1.54, 1.807) is 11.3 Å². The smallest absolute Gasteiger partial charge is 0.112 e. The van der Waals surface area contributed by atoms with Gasteiger partial charge in [0, 0.05) is 28.3 Å². The van der Waals surface area contributed by atoms with Gasteiger partial charge in [-0.2, -0.15) is 5.10 Å². The first-order valence-electron chi connectivity index (χ1n) is 10.9. The maximum Gasteiger partial charge on any atom is 0.112 e. The van der Waals surface area contributed by atoms with E-state index in [1.807, 2.05) is 23.2 Å². The number of hydrogen-bond acceptors (Lipinski definition) is 4. The third-order valence-electron chi connectivity index (χ3n) is 5.72. The zero-order valence-electron chi connectivity index (χ0n) is 18.8. The van der Waals surface area contributed by atoms with Crippen LogP contribution in [0.5, 0.6) is 0 Å². The van der Waals surface area contributed by atoms with Crippen LogP contribution in [-0.4, -0.2) is 14.8 Å². The average Bonchev–Trinajstić information content (AvgIpc) is 3.38. The monoisotopic (exact) mass is 434 g/mol. The molecule has 2 atom stereocenters. The fourth-order valence-electron chi connectivity index (χ4n) is 4.32. The summed E-state index contributed by atoms with van der Waals surface area (Å²) in [5.41, 5.74) is 4.30. The standard InChI is InChI=1S/C26H34N4S/c1-6-13-30-18-23(16-28-30)24-19-31-25(29-24)17-27-22(5)26(14-20(2)3)12-10-8-7-9-11-21(4)15-26/h6-9,11,16,18-19,21,27H,1-2,5,10,12-15,17H2,3-4H3/b8-7-,11-9-. The Balaban J connectivity index is 1.71. The van der Waals surface area contributed by atoms with Crippen molar-refractivity contribution in [3.63, 3.8) is 0 Å². The molecule has 2 aromatic heterocycles. The van der Waals surface area contributed by atoms with Crippen LogP contribution in [-0.2, 0) is 13.1 Å². The van der Waals surface area contributed by atoms with E-state index in [-0.39, 0.29) is 5.41 Å². The topological polar surface area (TPSA) is 42.7 Å². The normalized spacial score (nSPS) is 23.2. The van der Waals surface area contributed by atoms with Crippen molar-refractivity contribution >= 4 is 11.3 Å². The summed E-state index contributed by atoms with van der Waals surface area (Å²) in [5, 5.41) is 11.1. The van der Waals surface area contributed by atoms with Gasteiger partial charge in [-0.3, -0.25) is 4.68 Å². The quantitative estimate of drug-likeness (QED) is 0.448. The van der Waals surface area contributed by atoms with Crippen LogP contribution >= 0.6 is 11.3 Å². The fraction of sp³-hybridized carbons (Fsp3) is 0.385. The van der Waals surface area contributed by atoms with Gasteiger partial charge in [-0.15, -0.1) is 24.5 Å². The lowest BCUT2D eigenvalue weighted by atomic mass is 9.70. The van der Waals surface area contributed by atoms with Crippen LogP contribution in [0.2, 0.25) is 0 Å². The van der Waals surface area contributed by atoms with Gasteiger partial charge in [0.05, 0.1) is 25.0 Å². The van der Waals surface area contributed by atoms with Crippen LogP contribution in [0.15, 0.2) is 79.2 Å². The zero-order chi connectivity index (χ0) is 22.3.